The Morgan fingerprint density at radius 2 is 2.37 bits per heavy atom. The topological polar surface area (TPSA) is 85.8 Å². The summed E-state index contributed by atoms with van der Waals surface area (Å²) in [4.78, 5) is 22.0. The van der Waals surface area contributed by atoms with Gasteiger partial charge in [0.1, 0.15) is 5.75 Å². The van der Waals surface area contributed by atoms with E-state index in [0.29, 0.717) is 16.5 Å². The largest absolute Gasteiger partial charge is 0.524 e. The van der Waals surface area contributed by atoms with Crippen LogP contribution in [-0.4, -0.2) is 40.2 Å². The molecule has 6 nitrogen and oxygen atoms in total. The third-order valence-corrected chi connectivity index (χ3v) is 2.93. The smallest absolute Gasteiger partial charge is 0.404 e. The molecule has 0 saturated heterocycles. The number of aromatic amines is 1. The van der Waals surface area contributed by atoms with Gasteiger partial charge in [0, 0.05) is 29.1 Å². The number of H-pyrrole nitrogens is 1. The summed E-state index contributed by atoms with van der Waals surface area (Å²) in [6.07, 6.45) is 0.582. The van der Waals surface area contributed by atoms with E-state index in [9.17, 15) is 4.57 Å². The maximum Gasteiger partial charge on any atom is 0.524 e. The first-order chi connectivity index (χ1) is 10.5. The Kier molecular flexibility index (Phi) is 2.69. The minimum absolute atomic E-state index is 0.0547. The number of hydrogen-bond acceptors (Lipinski definition) is 3. The van der Waals surface area contributed by atoms with Crippen LogP contribution in [0.2, 0.25) is 0 Å². The fourth-order valence-electron chi connectivity index (χ4n) is 1.78. The molecule has 0 saturated carbocycles. The zero-order valence-corrected chi connectivity index (χ0v) is 11.1. The maximum atomic E-state index is 11.1. The molecule has 3 N–H and O–H groups in total. The number of likely N-dealkylation sites (N-methyl/N-ethyl adjacent to an activating group) is 1. The second kappa shape index (κ2) is 5.35. The molecule has 0 aliphatic rings. The zero-order chi connectivity index (χ0) is 17.4. The van der Waals surface area contributed by atoms with Gasteiger partial charge in [-0.25, -0.2) is 4.57 Å². The number of nitrogens with zero attached hydrogens (tertiary/aromatic N) is 1. The Hall–Kier alpha value is -1.33. The van der Waals surface area contributed by atoms with Gasteiger partial charge in [-0.3, -0.25) is 9.79 Å². The van der Waals surface area contributed by atoms with Crippen molar-refractivity contribution in [3.63, 3.8) is 0 Å². The molecule has 1 heterocycles. The molecule has 1 aromatic carbocycles. The fourth-order valence-corrected chi connectivity index (χ4v) is 2.19. The van der Waals surface area contributed by atoms with Crippen LogP contribution in [0.25, 0.3) is 10.9 Å². The number of aromatic nitrogens is 1. The number of rotatable bonds is 5. The van der Waals surface area contributed by atoms with Gasteiger partial charge in [0.25, 0.3) is 0 Å². The van der Waals surface area contributed by atoms with Gasteiger partial charge in [0.15, 0.2) is 0 Å². The molecule has 0 fully saturated rings. The van der Waals surface area contributed by atoms with E-state index in [0.717, 1.165) is 4.90 Å². The molecule has 2 aromatic rings. The summed E-state index contributed by atoms with van der Waals surface area (Å²) in [6, 6.07) is 4.62. The molecular formula is C12H17N2O4P. The minimum Gasteiger partial charge on any atom is -0.404 e. The normalized spacial score (nSPS) is 17.7. The fraction of sp³-hybridized carbons (Fsp3) is 0.333. The van der Waals surface area contributed by atoms with E-state index in [4.69, 9.17) is 15.3 Å². The summed E-state index contributed by atoms with van der Waals surface area (Å²) >= 11 is 0. The molecule has 19 heavy (non-hydrogen) atoms. The summed E-state index contributed by atoms with van der Waals surface area (Å²) in [5.74, 6) is -0.0547. The Morgan fingerprint density at radius 3 is 3.05 bits per heavy atom. The van der Waals surface area contributed by atoms with Crippen LogP contribution >= 0.6 is 7.82 Å². The second-order valence-corrected chi connectivity index (χ2v) is 5.25. The van der Waals surface area contributed by atoms with Gasteiger partial charge in [0.2, 0.25) is 0 Å². The van der Waals surface area contributed by atoms with Crippen LogP contribution in [0.5, 0.6) is 5.75 Å². The Bertz CT molecular complexity index is 742. The predicted octanol–water partition coefficient (Wildman–Crippen LogP) is 1.74. The molecule has 0 amide bonds. The molecule has 1 aromatic heterocycles. The van der Waals surface area contributed by atoms with Crippen LogP contribution in [0.1, 0.15) is 11.0 Å². The van der Waals surface area contributed by atoms with Crippen molar-refractivity contribution in [3.05, 3.63) is 30.0 Å². The zero-order valence-electron chi connectivity index (χ0n) is 14.2. The Balaban J connectivity index is 2.39. The van der Waals surface area contributed by atoms with Crippen molar-refractivity contribution >= 4 is 18.7 Å². The Morgan fingerprint density at radius 1 is 1.58 bits per heavy atom. The van der Waals surface area contributed by atoms with Crippen molar-refractivity contribution in [3.8, 4) is 5.75 Å². The molecule has 0 radical (unpaired) electrons. The highest BCUT2D eigenvalue weighted by atomic mass is 31.2. The number of fused-ring (bicyclic) bond motifs is 1. The average molecular weight is 288 g/mol. The molecule has 0 aliphatic heterocycles. The lowest BCUT2D eigenvalue weighted by Gasteiger charge is -2.11. The summed E-state index contributed by atoms with van der Waals surface area (Å²) < 4.78 is 45.9. The third kappa shape index (κ3) is 3.58. The quantitative estimate of drug-likeness (QED) is 0.730. The van der Waals surface area contributed by atoms with E-state index in [-0.39, 0.29) is 12.3 Å². The highest BCUT2D eigenvalue weighted by Crippen LogP contribution is 2.41. The van der Waals surface area contributed by atoms with Crippen molar-refractivity contribution in [2.75, 3.05) is 20.6 Å². The monoisotopic (exact) mass is 288 g/mol. The molecule has 1 unspecified atom stereocenters. The van der Waals surface area contributed by atoms with Crippen LogP contribution in [0.15, 0.2) is 24.4 Å². The lowest BCUT2D eigenvalue weighted by Crippen LogP contribution is -2.14. The van der Waals surface area contributed by atoms with Crippen molar-refractivity contribution in [1.82, 2.24) is 9.88 Å². The number of phosphoric acid groups is 1. The lowest BCUT2D eigenvalue weighted by molar-refractivity contribution is 0.284. The predicted molar refractivity (Wildman–Crippen MR) is 73.2 cm³/mol. The van der Waals surface area contributed by atoms with E-state index >= 15 is 0 Å². The molecule has 7 heteroatoms. The van der Waals surface area contributed by atoms with Gasteiger partial charge in [-0.15, -0.1) is 0 Å². The number of phosphoric ester groups is 1. The van der Waals surface area contributed by atoms with Crippen molar-refractivity contribution in [2.45, 2.75) is 6.40 Å². The molecule has 2 rings (SSSR count). The standard InChI is InChI=1S/C12H17N2O4P/c1-14(2)7-6-9-8-13-10-4-3-5-11(12(9)10)18-19(15,16)17/h3-5,8,13H,6-7H2,1-2H3,(H2,15,16,17)/i1D3,6D. The first-order valence-electron chi connectivity index (χ1n) is 7.55. The van der Waals surface area contributed by atoms with E-state index in [1.807, 2.05) is 0 Å². The first kappa shape index (κ1) is 9.55. The first-order valence-corrected chi connectivity index (χ1v) is 7.00. The van der Waals surface area contributed by atoms with Gasteiger partial charge in [0.05, 0.1) is 0 Å². The van der Waals surface area contributed by atoms with Gasteiger partial charge < -0.3 is 14.4 Å². The van der Waals surface area contributed by atoms with Crippen molar-refractivity contribution < 1.29 is 24.4 Å². The van der Waals surface area contributed by atoms with E-state index in [1.165, 1.54) is 19.3 Å². The summed E-state index contributed by atoms with van der Waals surface area (Å²) in [7, 11) is -3.36. The number of nitrogens with one attached hydrogen (secondary N) is 1. The minimum atomic E-state index is -4.75. The van der Waals surface area contributed by atoms with Crippen molar-refractivity contribution in [1.29, 1.82) is 0 Å². The van der Waals surface area contributed by atoms with E-state index in [2.05, 4.69) is 9.51 Å². The third-order valence-electron chi connectivity index (χ3n) is 2.50. The van der Waals surface area contributed by atoms with Gasteiger partial charge in [-0.1, -0.05) is 6.07 Å². The SMILES string of the molecule is [2H]C(CN(C)C([2H])([2H])[2H])c1c[nH]c2cccc(OP(=O)(O)O)c12. The van der Waals surface area contributed by atoms with Crippen LogP contribution in [-0.2, 0) is 11.0 Å². The van der Waals surface area contributed by atoms with Gasteiger partial charge in [-0.05, 0) is 38.1 Å². The van der Waals surface area contributed by atoms with E-state index < -0.39 is 21.2 Å². The average Bonchev–Trinajstić information content (AvgIpc) is 2.80. The summed E-state index contributed by atoms with van der Waals surface area (Å²) in [5.41, 5.74) is 0.944. The van der Waals surface area contributed by atoms with Crippen LogP contribution in [0.4, 0.5) is 0 Å². The molecule has 104 valence electrons. The molecule has 0 spiro atoms. The Labute approximate surface area is 116 Å². The molecular weight excluding hydrogens is 267 g/mol. The molecule has 0 aliphatic carbocycles. The van der Waals surface area contributed by atoms with Crippen LogP contribution in [0, 0.1) is 0 Å². The molecule has 1 atom stereocenters. The van der Waals surface area contributed by atoms with Crippen LogP contribution in [0.3, 0.4) is 0 Å². The van der Waals surface area contributed by atoms with Gasteiger partial charge in [-0.2, -0.15) is 0 Å². The number of hydrogen-bond donors (Lipinski definition) is 3. The summed E-state index contributed by atoms with van der Waals surface area (Å²) in [5, 5.41) is 0.356. The number of benzene rings is 1. The second-order valence-electron chi connectivity index (χ2n) is 4.09. The maximum absolute atomic E-state index is 11.1. The van der Waals surface area contributed by atoms with Gasteiger partial charge >= 0.3 is 7.82 Å². The van der Waals surface area contributed by atoms with Crippen molar-refractivity contribution in [2.24, 2.45) is 0 Å². The van der Waals surface area contributed by atoms with Crippen LogP contribution < -0.4 is 4.52 Å². The highest BCUT2D eigenvalue weighted by molar-refractivity contribution is 7.46. The summed E-state index contributed by atoms with van der Waals surface area (Å²) in [6.45, 7) is -2.40. The lowest BCUT2D eigenvalue weighted by atomic mass is 10.1. The molecule has 0 bridgehead atoms. The van der Waals surface area contributed by atoms with E-state index in [1.54, 1.807) is 12.1 Å². The highest BCUT2D eigenvalue weighted by Gasteiger charge is 2.19.